The Balaban J connectivity index is 1.75. The largest absolute Gasteiger partial charge is 0.452 e. The average Bonchev–Trinajstić information content (AvgIpc) is 3.08. The van der Waals surface area contributed by atoms with E-state index in [-0.39, 0.29) is 12.6 Å². The number of esters is 1. The fourth-order valence-corrected chi connectivity index (χ4v) is 4.81. The van der Waals surface area contributed by atoms with Crippen LogP contribution >= 0.6 is 11.3 Å². The number of aromatic nitrogens is 2. The van der Waals surface area contributed by atoms with Crippen LogP contribution in [-0.4, -0.2) is 53.1 Å². The lowest BCUT2D eigenvalue weighted by atomic mass is 9.98. The summed E-state index contributed by atoms with van der Waals surface area (Å²) >= 11 is 1.40. The summed E-state index contributed by atoms with van der Waals surface area (Å²) in [6.07, 6.45) is 8.02. The van der Waals surface area contributed by atoms with Crippen LogP contribution in [0.15, 0.2) is 64.9 Å². The normalized spacial score (nSPS) is 13.4. The van der Waals surface area contributed by atoms with E-state index in [0.29, 0.717) is 23.8 Å². The number of ether oxygens (including phenoxy) is 1. The van der Waals surface area contributed by atoms with Gasteiger partial charge in [-0.15, -0.1) is 0 Å². The number of pyridine rings is 1. The SMILES string of the molecule is C=NCC(=O)OC(C)(C)C1=NC=C(c2cc(-c3ccccn3)c3sc(NC(=O)NCC)nc3c2)C=CC1. The zero-order valence-electron chi connectivity index (χ0n) is 20.9. The van der Waals surface area contributed by atoms with Crippen molar-refractivity contribution in [3.8, 4) is 11.3 Å². The predicted octanol–water partition coefficient (Wildman–Crippen LogP) is 5.26. The Morgan fingerprint density at radius 1 is 1.27 bits per heavy atom. The van der Waals surface area contributed by atoms with Gasteiger partial charge in [-0.05, 0) is 62.9 Å². The second-order valence-electron chi connectivity index (χ2n) is 8.72. The summed E-state index contributed by atoms with van der Waals surface area (Å²) in [5, 5.41) is 6.02. The first-order valence-corrected chi connectivity index (χ1v) is 12.6. The van der Waals surface area contributed by atoms with Crippen molar-refractivity contribution in [2.24, 2.45) is 9.98 Å². The molecule has 3 heterocycles. The molecule has 10 heteroatoms. The number of rotatable bonds is 8. The molecule has 1 aliphatic heterocycles. The second-order valence-corrected chi connectivity index (χ2v) is 9.72. The number of carbonyl (C=O) groups is 2. The van der Waals surface area contributed by atoms with E-state index >= 15 is 0 Å². The van der Waals surface area contributed by atoms with Crippen molar-refractivity contribution < 1.29 is 14.3 Å². The molecule has 0 bridgehead atoms. The van der Waals surface area contributed by atoms with Crippen LogP contribution in [0.25, 0.3) is 27.0 Å². The maximum Gasteiger partial charge on any atom is 0.328 e. The molecule has 1 aliphatic rings. The maximum atomic E-state index is 12.1. The Hall–Kier alpha value is -4.18. The molecule has 0 spiro atoms. The van der Waals surface area contributed by atoms with Gasteiger partial charge in [-0.2, -0.15) is 0 Å². The number of benzene rings is 1. The van der Waals surface area contributed by atoms with Crippen LogP contribution in [0, 0.1) is 0 Å². The second kappa shape index (κ2) is 11.3. The number of carbonyl (C=O) groups excluding carboxylic acids is 2. The Morgan fingerprint density at radius 2 is 2.11 bits per heavy atom. The van der Waals surface area contributed by atoms with Crippen molar-refractivity contribution in [2.75, 3.05) is 18.4 Å². The standard InChI is InChI=1S/C27H28N6O3S/c1-5-29-25(35)33-26-32-21-14-18(13-19(24(21)37-26)20-10-6-7-12-30-20)17-9-8-11-22(31-15-17)27(2,3)36-23(34)16-28-4/h6-10,12-15H,4-5,11,16H2,1-3H3,(H2,29,32,33,35). The van der Waals surface area contributed by atoms with Crippen molar-refractivity contribution in [2.45, 2.75) is 32.8 Å². The van der Waals surface area contributed by atoms with Crippen LogP contribution in [0.4, 0.5) is 9.93 Å². The van der Waals surface area contributed by atoms with Crippen LogP contribution in [-0.2, 0) is 9.53 Å². The molecule has 2 aromatic heterocycles. The van der Waals surface area contributed by atoms with Gasteiger partial charge in [-0.25, -0.2) is 9.78 Å². The van der Waals surface area contributed by atoms with E-state index in [1.807, 2.05) is 57.2 Å². The number of amides is 2. The molecule has 0 radical (unpaired) electrons. The number of anilines is 1. The van der Waals surface area contributed by atoms with Gasteiger partial charge in [0.2, 0.25) is 0 Å². The third-order valence-electron chi connectivity index (χ3n) is 5.59. The number of thiazole rings is 1. The summed E-state index contributed by atoms with van der Waals surface area (Å²) in [5.41, 5.74) is 4.03. The number of hydrogen-bond donors (Lipinski definition) is 2. The zero-order valence-corrected chi connectivity index (χ0v) is 21.8. The van der Waals surface area contributed by atoms with E-state index in [0.717, 1.165) is 32.6 Å². The number of nitrogens with zero attached hydrogens (tertiary/aromatic N) is 4. The van der Waals surface area contributed by atoms with Crippen molar-refractivity contribution in [1.29, 1.82) is 0 Å². The molecule has 4 rings (SSSR count). The Labute approximate surface area is 219 Å². The molecule has 2 amide bonds. The topological polar surface area (TPSA) is 118 Å². The van der Waals surface area contributed by atoms with Gasteiger partial charge < -0.3 is 10.1 Å². The van der Waals surface area contributed by atoms with Crippen molar-refractivity contribution in [1.82, 2.24) is 15.3 Å². The molecule has 0 saturated heterocycles. The number of allylic oxidation sites excluding steroid dienone is 3. The molecule has 9 nitrogen and oxygen atoms in total. The van der Waals surface area contributed by atoms with Crippen LogP contribution < -0.4 is 10.6 Å². The quantitative estimate of drug-likeness (QED) is 0.313. The Morgan fingerprint density at radius 3 is 2.84 bits per heavy atom. The maximum absolute atomic E-state index is 12.1. The summed E-state index contributed by atoms with van der Waals surface area (Å²) in [6, 6.07) is 9.46. The minimum Gasteiger partial charge on any atom is -0.452 e. The molecule has 190 valence electrons. The van der Waals surface area contributed by atoms with Crippen molar-refractivity contribution in [3.63, 3.8) is 0 Å². The van der Waals surface area contributed by atoms with Crippen molar-refractivity contribution >= 4 is 56.7 Å². The molecule has 0 saturated carbocycles. The van der Waals surface area contributed by atoms with Gasteiger partial charge in [0.05, 0.1) is 21.6 Å². The Bertz CT molecular complexity index is 1420. The van der Waals surface area contributed by atoms with Gasteiger partial charge in [0.1, 0.15) is 12.1 Å². The molecule has 3 aromatic rings. The molecular weight excluding hydrogens is 488 g/mol. The van der Waals surface area contributed by atoms with Gasteiger partial charge >= 0.3 is 12.0 Å². The Kier molecular flexibility index (Phi) is 7.88. The summed E-state index contributed by atoms with van der Waals surface area (Å²) in [6.45, 7) is 9.23. The van der Waals surface area contributed by atoms with Crippen LogP contribution in [0.5, 0.6) is 0 Å². The minimum absolute atomic E-state index is 0.103. The number of hydrogen-bond acceptors (Lipinski definition) is 8. The molecule has 0 atom stereocenters. The predicted molar refractivity (Wildman–Crippen MR) is 149 cm³/mol. The van der Waals surface area contributed by atoms with Gasteiger partial charge in [-0.1, -0.05) is 29.6 Å². The highest BCUT2D eigenvalue weighted by Crippen LogP contribution is 2.37. The zero-order chi connectivity index (χ0) is 26.4. The summed E-state index contributed by atoms with van der Waals surface area (Å²) in [5.74, 6) is -0.453. The summed E-state index contributed by atoms with van der Waals surface area (Å²) < 4.78 is 6.49. The van der Waals surface area contributed by atoms with Crippen LogP contribution in [0.3, 0.4) is 0 Å². The molecule has 37 heavy (non-hydrogen) atoms. The highest BCUT2D eigenvalue weighted by Gasteiger charge is 2.29. The lowest BCUT2D eigenvalue weighted by molar-refractivity contribution is -0.149. The highest BCUT2D eigenvalue weighted by molar-refractivity contribution is 7.22. The van der Waals surface area contributed by atoms with Gasteiger partial charge in [0.25, 0.3) is 0 Å². The van der Waals surface area contributed by atoms with Gasteiger partial charge in [0, 0.05) is 30.9 Å². The third-order valence-corrected chi connectivity index (χ3v) is 6.61. The smallest absolute Gasteiger partial charge is 0.328 e. The molecule has 0 unspecified atom stereocenters. The third kappa shape index (κ3) is 6.15. The first-order chi connectivity index (χ1) is 17.8. The van der Waals surface area contributed by atoms with Gasteiger partial charge in [0.15, 0.2) is 5.13 Å². The average molecular weight is 517 g/mol. The van der Waals surface area contributed by atoms with E-state index in [1.165, 1.54) is 11.3 Å². The molecular formula is C27H28N6O3S. The lowest BCUT2D eigenvalue weighted by Gasteiger charge is -2.25. The summed E-state index contributed by atoms with van der Waals surface area (Å²) in [4.78, 5) is 41.5. The number of aliphatic imine (C=N–C) groups is 2. The van der Waals surface area contributed by atoms with E-state index in [9.17, 15) is 9.59 Å². The van der Waals surface area contributed by atoms with E-state index < -0.39 is 11.6 Å². The van der Waals surface area contributed by atoms with Crippen LogP contribution in [0.1, 0.15) is 32.8 Å². The number of fused-ring (bicyclic) bond motifs is 1. The molecule has 2 N–H and O–H groups in total. The van der Waals surface area contributed by atoms with E-state index in [4.69, 9.17) is 4.74 Å². The minimum atomic E-state index is -0.893. The molecule has 1 aromatic carbocycles. The fourth-order valence-electron chi connectivity index (χ4n) is 3.85. The van der Waals surface area contributed by atoms with Crippen LogP contribution in [0.2, 0.25) is 0 Å². The van der Waals surface area contributed by atoms with E-state index in [2.05, 4.69) is 43.4 Å². The number of nitrogens with one attached hydrogen (secondary N) is 2. The first-order valence-electron chi connectivity index (χ1n) is 11.8. The highest BCUT2D eigenvalue weighted by atomic mass is 32.1. The fraction of sp³-hybridized carbons (Fsp3) is 0.259. The monoisotopic (exact) mass is 516 g/mol. The summed E-state index contributed by atoms with van der Waals surface area (Å²) in [7, 11) is 0. The lowest BCUT2D eigenvalue weighted by Crippen LogP contribution is -2.37. The van der Waals surface area contributed by atoms with Gasteiger partial charge in [-0.3, -0.25) is 25.1 Å². The number of urea groups is 1. The first kappa shape index (κ1) is 25.9. The molecule has 0 fully saturated rings. The molecule has 0 aliphatic carbocycles. The van der Waals surface area contributed by atoms with Crippen molar-refractivity contribution in [3.05, 3.63) is 60.4 Å². The van der Waals surface area contributed by atoms with E-state index in [1.54, 1.807) is 12.4 Å².